The van der Waals surface area contributed by atoms with Crippen molar-refractivity contribution in [3.05, 3.63) is 215 Å². The van der Waals surface area contributed by atoms with Gasteiger partial charge in [0.15, 0.2) is 0 Å². The molecule has 2 heteroatoms. The van der Waals surface area contributed by atoms with Crippen LogP contribution in [0.3, 0.4) is 0 Å². The van der Waals surface area contributed by atoms with E-state index in [1.165, 1.54) is 71.3 Å². The number of hydrogen-bond donors (Lipinski definition) is 0. The van der Waals surface area contributed by atoms with E-state index in [2.05, 4.69) is 207 Å². The van der Waals surface area contributed by atoms with Gasteiger partial charge in [0.2, 0.25) is 0 Å². The summed E-state index contributed by atoms with van der Waals surface area (Å²) in [7, 11) is 0. The van der Waals surface area contributed by atoms with Crippen LogP contribution in [0.15, 0.2) is 187 Å². The van der Waals surface area contributed by atoms with Crippen molar-refractivity contribution in [3.63, 3.8) is 0 Å². The number of hydrogen-bond acceptors (Lipinski definition) is 2. The molecule has 0 saturated heterocycles. The van der Waals surface area contributed by atoms with E-state index in [1.807, 2.05) is 11.8 Å². The predicted molar refractivity (Wildman–Crippen MR) is 225 cm³/mol. The number of rotatable bonds is 6. The van der Waals surface area contributed by atoms with E-state index in [4.69, 9.17) is 0 Å². The lowest BCUT2D eigenvalue weighted by Gasteiger charge is -2.35. The molecule has 254 valence electrons. The van der Waals surface area contributed by atoms with E-state index in [0.29, 0.717) is 0 Å². The monoisotopic (exact) mass is 697 g/mol. The Balaban J connectivity index is 1.17. The number of para-hydroxylation sites is 1. The highest BCUT2D eigenvalue weighted by molar-refractivity contribution is 7.98. The van der Waals surface area contributed by atoms with Crippen molar-refractivity contribution in [1.29, 1.82) is 0 Å². The third-order valence-electron chi connectivity index (χ3n) is 11.8. The average molecular weight is 698 g/mol. The first-order valence-electron chi connectivity index (χ1n) is 18.5. The quantitative estimate of drug-likeness (QED) is 0.159. The lowest BCUT2D eigenvalue weighted by atomic mass is 9.67. The van der Waals surface area contributed by atoms with Gasteiger partial charge in [-0.05, 0) is 115 Å². The number of anilines is 3. The van der Waals surface area contributed by atoms with E-state index in [9.17, 15) is 0 Å². The number of thioether (sulfide) groups is 1. The summed E-state index contributed by atoms with van der Waals surface area (Å²) in [4.78, 5) is 3.71. The summed E-state index contributed by atoms with van der Waals surface area (Å²) < 4.78 is 0. The van der Waals surface area contributed by atoms with Crippen LogP contribution in [0.2, 0.25) is 0 Å². The molecule has 2 aliphatic carbocycles. The molecule has 0 spiro atoms. The molecule has 53 heavy (non-hydrogen) atoms. The van der Waals surface area contributed by atoms with Gasteiger partial charge in [0, 0.05) is 27.4 Å². The molecule has 10 rings (SSSR count). The maximum Gasteiger partial charge on any atom is 0.0724 e. The zero-order valence-electron chi connectivity index (χ0n) is 30.2. The van der Waals surface area contributed by atoms with Crippen LogP contribution in [0, 0.1) is 0 Å². The Morgan fingerprint density at radius 2 is 1.00 bits per heavy atom. The van der Waals surface area contributed by atoms with Gasteiger partial charge in [-0.2, -0.15) is 0 Å². The highest BCUT2D eigenvalue weighted by Gasteiger charge is 2.47. The molecule has 2 aliphatic rings. The third-order valence-corrected chi connectivity index (χ3v) is 12.6. The van der Waals surface area contributed by atoms with Crippen molar-refractivity contribution in [2.45, 2.75) is 29.6 Å². The Bertz CT molecular complexity index is 2640. The first-order chi connectivity index (χ1) is 26.0. The topological polar surface area (TPSA) is 3.24 Å². The summed E-state index contributed by atoms with van der Waals surface area (Å²) in [5.41, 5.74) is 16.2. The zero-order chi connectivity index (χ0) is 35.7. The molecule has 0 saturated carbocycles. The highest BCUT2D eigenvalue weighted by atomic mass is 32.2. The smallest absolute Gasteiger partial charge is 0.0724 e. The Morgan fingerprint density at radius 3 is 1.72 bits per heavy atom. The molecule has 0 fully saturated rings. The fraction of sp³-hybridized carbons (Fsp3) is 0.0980. The highest BCUT2D eigenvalue weighted by Crippen LogP contribution is 2.58. The van der Waals surface area contributed by atoms with E-state index < -0.39 is 5.41 Å². The molecule has 0 heterocycles. The van der Waals surface area contributed by atoms with Crippen LogP contribution < -0.4 is 4.90 Å². The van der Waals surface area contributed by atoms with Gasteiger partial charge in [-0.1, -0.05) is 153 Å². The predicted octanol–water partition coefficient (Wildman–Crippen LogP) is 13.7. The molecule has 0 amide bonds. The van der Waals surface area contributed by atoms with Gasteiger partial charge >= 0.3 is 0 Å². The van der Waals surface area contributed by atoms with Gasteiger partial charge in [0.05, 0.1) is 5.41 Å². The lowest BCUT2D eigenvalue weighted by Crippen LogP contribution is -2.29. The maximum atomic E-state index is 2.43. The summed E-state index contributed by atoms with van der Waals surface area (Å²) in [5, 5.41) is 2.60. The molecule has 0 radical (unpaired) electrons. The number of nitrogens with zero attached hydrogens (tertiary/aromatic N) is 1. The molecule has 8 aromatic rings. The Labute approximate surface area is 316 Å². The second-order valence-electron chi connectivity index (χ2n) is 14.8. The molecule has 8 aromatic carbocycles. The van der Waals surface area contributed by atoms with Crippen LogP contribution in [-0.4, -0.2) is 6.26 Å². The van der Waals surface area contributed by atoms with Crippen molar-refractivity contribution in [2.24, 2.45) is 0 Å². The Morgan fingerprint density at radius 1 is 0.434 bits per heavy atom. The van der Waals surface area contributed by atoms with Gasteiger partial charge in [0.1, 0.15) is 0 Å². The van der Waals surface area contributed by atoms with Crippen molar-refractivity contribution >= 4 is 39.6 Å². The van der Waals surface area contributed by atoms with Gasteiger partial charge in [-0.3, -0.25) is 0 Å². The van der Waals surface area contributed by atoms with Crippen LogP contribution in [0.1, 0.15) is 47.2 Å². The Kier molecular flexibility index (Phi) is 7.29. The van der Waals surface area contributed by atoms with Crippen molar-refractivity contribution in [3.8, 4) is 22.3 Å². The minimum Gasteiger partial charge on any atom is -0.310 e. The van der Waals surface area contributed by atoms with Crippen LogP contribution in [0.5, 0.6) is 0 Å². The summed E-state index contributed by atoms with van der Waals surface area (Å²) in [6, 6.07) is 67.7. The minimum absolute atomic E-state index is 0.0816. The number of benzene rings is 8. The minimum atomic E-state index is -0.452. The summed E-state index contributed by atoms with van der Waals surface area (Å²) >= 11 is 1.82. The standard InChI is InChI=1S/C51H39NS/c1-50(2)43-32-30-38(33-42(43)49-39-18-8-7-15-34(39)25-31-47(49)50)52(36-16-5-4-6-17-36)37-28-26-35(27-29-37)51(46-23-13-14-24-48(46)53-3)44-21-11-9-19-40(44)41-20-10-12-22-45(41)51/h4-33H,1-3H3. The normalized spacial score (nSPS) is 14.3. The largest absolute Gasteiger partial charge is 0.310 e. The molecule has 0 aromatic heterocycles. The number of fused-ring (bicyclic) bond motifs is 8. The lowest BCUT2D eigenvalue weighted by molar-refractivity contribution is 0.661. The van der Waals surface area contributed by atoms with Crippen molar-refractivity contribution in [1.82, 2.24) is 0 Å². The SMILES string of the molecule is CSc1ccccc1C1(c2ccc(N(c3ccccc3)c3ccc4c(c3)-c3c(ccc5ccccc35)C4(C)C)cc2)c2ccccc2-c2ccccc21. The molecule has 1 nitrogen and oxygen atoms in total. The van der Waals surface area contributed by atoms with E-state index >= 15 is 0 Å². The van der Waals surface area contributed by atoms with Crippen LogP contribution in [0.4, 0.5) is 17.1 Å². The molecule has 0 bridgehead atoms. The molecule has 0 unspecified atom stereocenters. The average Bonchev–Trinajstić information content (AvgIpc) is 3.64. The molecule has 0 N–H and O–H groups in total. The summed E-state index contributed by atoms with van der Waals surface area (Å²) in [6.07, 6.45) is 2.19. The second kappa shape index (κ2) is 12.1. The van der Waals surface area contributed by atoms with E-state index in [0.717, 1.165) is 17.1 Å². The zero-order valence-corrected chi connectivity index (χ0v) is 31.0. The Hall–Kier alpha value is -5.83. The van der Waals surface area contributed by atoms with Crippen molar-refractivity contribution < 1.29 is 0 Å². The first kappa shape index (κ1) is 31.9. The first-order valence-corrected chi connectivity index (χ1v) is 19.7. The van der Waals surface area contributed by atoms with E-state index in [1.54, 1.807) is 0 Å². The molecule has 0 aliphatic heterocycles. The fourth-order valence-corrected chi connectivity index (χ4v) is 10.1. The van der Waals surface area contributed by atoms with Crippen LogP contribution in [0.25, 0.3) is 33.0 Å². The third kappa shape index (κ3) is 4.58. The second-order valence-corrected chi connectivity index (χ2v) is 15.7. The molecular weight excluding hydrogens is 659 g/mol. The van der Waals surface area contributed by atoms with Gasteiger partial charge < -0.3 is 4.90 Å². The molecular formula is C51H39NS. The molecule has 0 atom stereocenters. The maximum absolute atomic E-state index is 2.43. The fourth-order valence-electron chi connectivity index (χ4n) is 9.48. The van der Waals surface area contributed by atoms with Gasteiger partial charge in [-0.25, -0.2) is 0 Å². The summed E-state index contributed by atoms with van der Waals surface area (Å²) in [6.45, 7) is 4.73. The van der Waals surface area contributed by atoms with Gasteiger partial charge in [-0.15, -0.1) is 11.8 Å². The van der Waals surface area contributed by atoms with Crippen LogP contribution in [-0.2, 0) is 10.8 Å². The van der Waals surface area contributed by atoms with Crippen LogP contribution >= 0.6 is 11.8 Å². The van der Waals surface area contributed by atoms with Gasteiger partial charge in [0.25, 0.3) is 0 Å². The summed E-state index contributed by atoms with van der Waals surface area (Å²) in [5.74, 6) is 0. The van der Waals surface area contributed by atoms with E-state index in [-0.39, 0.29) is 5.41 Å². The van der Waals surface area contributed by atoms with Crippen molar-refractivity contribution in [2.75, 3.05) is 11.2 Å².